The van der Waals surface area contributed by atoms with Crippen molar-refractivity contribution in [1.29, 1.82) is 0 Å². The van der Waals surface area contributed by atoms with Crippen molar-refractivity contribution in [3.63, 3.8) is 0 Å². The Kier molecular flexibility index (Phi) is 6.19. The number of alkyl halides is 2. The van der Waals surface area contributed by atoms with Gasteiger partial charge in [-0.15, -0.1) is 0 Å². The normalized spacial score (nSPS) is 23.8. The second-order valence-electron chi connectivity index (χ2n) is 7.90. The highest BCUT2D eigenvalue weighted by atomic mass is 35.5. The van der Waals surface area contributed by atoms with Crippen LogP contribution in [0.1, 0.15) is 48.4 Å². The second-order valence-corrected chi connectivity index (χ2v) is 8.72. The number of halogens is 4. The molecule has 2 bridgehead atoms. The monoisotopic (exact) mass is 502 g/mol. The first kappa shape index (κ1) is 23.2. The number of piperidine rings is 2. The van der Waals surface area contributed by atoms with E-state index < -0.39 is 41.0 Å². The highest BCUT2D eigenvalue weighted by Crippen LogP contribution is 2.39. The smallest absolute Gasteiger partial charge is 0.291 e. The van der Waals surface area contributed by atoms with Crippen LogP contribution in [0.3, 0.4) is 0 Å². The third-order valence-electron chi connectivity index (χ3n) is 5.71. The van der Waals surface area contributed by atoms with E-state index in [9.17, 15) is 23.2 Å². The summed E-state index contributed by atoms with van der Waals surface area (Å²) in [6.07, 6.45) is -1.72. The Morgan fingerprint density at radius 1 is 1.15 bits per heavy atom. The van der Waals surface area contributed by atoms with E-state index in [1.807, 2.05) is 0 Å². The Hall–Kier alpha value is -2.92. The van der Waals surface area contributed by atoms with Crippen molar-refractivity contribution in [2.75, 3.05) is 6.61 Å². The number of amides is 3. The van der Waals surface area contributed by atoms with E-state index in [0.717, 1.165) is 6.07 Å². The second kappa shape index (κ2) is 8.79. The molecule has 3 fully saturated rings. The highest BCUT2D eigenvalue weighted by molar-refractivity contribution is 6.42. The van der Waals surface area contributed by atoms with Crippen LogP contribution in [0.15, 0.2) is 28.8 Å². The lowest BCUT2D eigenvalue weighted by Gasteiger charge is -2.52. The molecule has 1 aromatic carbocycles. The first-order chi connectivity index (χ1) is 15.6. The zero-order valence-corrected chi connectivity index (χ0v) is 18.4. The van der Waals surface area contributed by atoms with E-state index in [1.54, 1.807) is 6.07 Å². The van der Waals surface area contributed by atoms with Crippen molar-refractivity contribution in [1.82, 2.24) is 21.1 Å². The summed E-state index contributed by atoms with van der Waals surface area (Å²) in [5.74, 6) is -1.78. The number of nitrogens with one attached hydrogen (secondary N) is 3. The third-order valence-corrected chi connectivity index (χ3v) is 6.45. The van der Waals surface area contributed by atoms with Gasteiger partial charge in [0.2, 0.25) is 11.7 Å². The maximum atomic E-state index is 12.8. The summed E-state index contributed by atoms with van der Waals surface area (Å²) in [7, 11) is 0. The van der Waals surface area contributed by atoms with Crippen molar-refractivity contribution in [3.05, 3.63) is 45.8 Å². The van der Waals surface area contributed by atoms with E-state index in [-0.39, 0.29) is 30.2 Å². The summed E-state index contributed by atoms with van der Waals surface area (Å²) in [6, 6.07) is 5.41. The Bertz CT molecular complexity index is 1100. The molecule has 2 aromatic rings. The van der Waals surface area contributed by atoms with E-state index >= 15 is 0 Å². The maximum absolute atomic E-state index is 12.8. The van der Waals surface area contributed by atoms with Crippen molar-refractivity contribution < 1.29 is 32.4 Å². The molecule has 5 rings (SSSR count). The average molecular weight is 503 g/mol. The number of hydrogen-bond acceptors (Lipinski definition) is 6. The first-order valence-electron chi connectivity index (χ1n) is 9.90. The van der Waals surface area contributed by atoms with Crippen molar-refractivity contribution in [2.45, 2.75) is 43.3 Å². The SMILES string of the molecule is O=C(COc1ccc(Cl)c(Cl)c1)NC12CCC(NC(=O)c3cc(C(F)F)no3)(CC1)NC2=O. The molecule has 1 aliphatic carbocycles. The number of aromatic nitrogens is 1. The van der Waals surface area contributed by atoms with Crippen LogP contribution in [0, 0.1) is 0 Å². The first-order valence-corrected chi connectivity index (χ1v) is 10.7. The topological polar surface area (TPSA) is 123 Å². The van der Waals surface area contributed by atoms with Crippen LogP contribution in [-0.4, -0.2) is 40.7 Å². The fourth-order valence-electron chi connectivity index (χ4n) is 3.93. The molecular formula is C20H18Cl2F2N4O5. The van der Waals surface area contributed by atoms with Gasteiger partial charge in [0.1, 0.15) is 17.0 Å². The summed E-state index contributed by atoms with van der Waals surface area (Å²) >= 11 is 11.8. The standard InChI is InChI=1S/C20H18Cl2F2N4O5/c21-11-2-1-10(7-12(11)22)32-9-15(29)25-19-3-5-20(6-4-19,27-18(19)31)26-17(30)14-8-13(16(23)24)28-33-14/h1-2,7-8,16H,3-6,9H2,(H,25,29)(H,26,30)(H,27,31). The Morgan fingerprint density at radius 3 is 2.48 bits per heavy atom. The zero-order chi connectivity index (χ0) is 23.8. The van der Waals surface area contributed by atoms with Crippen LogP contribution >= 0.6 is 23.2 Å². The minimum Gasteiger partial charge on any atom is -0.484 e. The Morgan fingerprint density at radius 2 is 1.88 bits per heavy atom. The van der Waals surface area contributed by atoms with E-state index in [1.165, 1.54) is 12.1 Å². The largest absolute Gasteiger partial charge is 0.484 e. The van der Waals surface area contributed by atoms with Gasteiger partial charge in [-0.3, -0.25) is 14.4 Å². The predicted octanol–water partition coefficient (Wildman–Crippen LogP) is 2.98. The molecule has 1 aromatic heterocycles. The van der Waals surface area contributed by atoms with Crippen LogP contribution in [0.5, 0.6) is 5.75 Å². The molecule has 3 heterocycles. The van der Waals surface area contributed by atoms with Gasteiger partial charge in [0, 0.05) is 12.1 Å². The fraction of sp³-hybridized carbons (Fsp3) is 0.400. The molecule has 13 heteroatoms. The number of ether oxygens (including phenoxy) is 1. The summed E-state index contributed by atoms with van der Waals surface area (Å²) in [5, 5.41) is 11.9. The van der Waals surface area contributed by atoms with E-state index in [0.29, 0.717) is 23.6 Å². The minimum absolute atomic E-state index is 0.260. The number of hydrogen-bond donors (Lipinski definition) is 3. The molecule has 9 nitrogen and oxygen atoms in total. The van der Waals surface area contributed by atoms with Gasteiger partial charge in [-0.05, 0) is 37.8 Å². The minimum atomic E-state index is -2.87. The molecule has 2 saturated heterocycles. The van der Waals surface area contributed by atoms with Gasteiger partial charge in [0.05, 0.1) is 10.0 Å². The third kappa shape index (κ3) is 4.74. The van der Waals surface area contributed by atoms with Crippen LogP contribution in [0.2, 0.25) is 10.0 Å². The summed E-state index contributed by atoms with van der Waals surface area (Å²) in [5.41, 5.74) is -2.87. The number of benzene rings is 1. The molecule has 33 heavy (non-hydrogen) atoms. The fourth-order valence-corrected chi connectivity index (χ4v) is 4.21. The summed E-state index contributed by atoms with van der Waals surface area (Å²) in [4.78, 5) is 37.7. The molecule has 0 atom stereocenters. The molecule has 1 saturated carbocycles. The molecule has 176 valence electrons. The number of rotatable bonds is 7. The van der Waals surface area contributed by atoms with Crippen LogP contribution in [0.4, 0.5) is 8.78 Å². The van der Waals surface area contributed by atoms with E-state index in [2.05, 4.69) is 25.6 Å². The van der Waals surface area contributed by atoms with E-state index in [4.69, 9.17) is 27.9 Å². The van der Waals surface area contributed by atoms with Gasteiger partial charge in [0.15, 0.2) is 12.3 Å². The number of carbonyl (C=O) groups is 3. The summed E-state index contributed by atoms with van der Waals surface area (Å²) < 4.78 is 35.4. The van der Waals surface area contributed by atoms with Gasteiger partial charge < -0.3 is 25.2 Å². The quantitative estimate of drug-likeness (QED) is 0.534. The molecular weight excluding hydrogens is 485 g/mol. The molecule has 0 unspecified atom stereocenters. The van der Waals surface area contributed by atoms with Crippen molar-refractivity contribution in [2.24, 2.45) is 0 Å². The highest BCUT2D eigenvalue weighted by Gasteiger charge is 2.55. The number of carbonyl (C=O) groups excluding carboxylic acids is 3. The van der Waals surface area contributed by atoms with Crippen LogP contribution in [0.25, 0.3) is 0 Å². The Labute approximate surface area is 196 Å². The van der Waals surface area contributed by atoms with Gasteiger partial charge >= 0.3 is 0 Å². The molecule has 3 amide bonds. The maximum Gasteiger partial charge on any atom is 0.291 e. The molecule has 0 radical (unpaired) electrons. The zero-order valence-electron chi connectivity index (χ0n) is 16.9. The molecule has 3 N–H and O–H groups in total. The lowest BCUT2D eigenvalue weighted by molar-refractivity contribution is -0.144. The Balaban J connectivity index is 1.34. The molecule has 0 spiro atoms. The number of nitrogens with zero attached hydrogens (tertiary/aromatic N) is 1. The lowest BCUT2D eigenvalue weighted by atomic mass is 9.71. The van der Waals surface area contributed by atoms with Crippen molar-refractivity contribution >= 4 is 40.9 Å². The predicted molar refractivity (Wildman–Crippen MR) is 111 cm³/mol. The average Bonchev–Trinajstić information content (AvgIpc) is 3.27. The van der Waals surface area contributed by atoms with Gasteiger partial charge in [0.25, 0.3) is 18.2 Å². The van der Waals surface area contributed by atoms with Gasteiger partial charge in [-0.25, -0.2) is 8.78 Å². The van der Waals surface area contributed by atoms with Gasteiger partial charge in [-0.2, -0.15) is 0 Å². The summed E-state index contributed by atoms with van der Waals surface area (Å²) in [6.45, 7) is -0.340. The number of fused-ring (bicyclic) bond motifs is 3. The van der Waals surface area contributed by atoms with Crippen molar-refractivity contribution in [3.8, 4) is 5.75 Å². The van der Waals surface area contributed by atoms with Crippen LogP contribution in [-0.2, 0) is 9.59 Å². The lowest BCUT2D eigenvalue weighted by Crippen LogP contribution is -2.76. The van der Waals surface area contributed by atoms with Crippen LogP contribution < -0.4 is 20.7 Å². The molecule has 3 aliphatic rings. The van der Waals surface area contributed by atoms with Gasteiger partial charge in [-0.1, -0.05) is 28.4 Å². The molecule has 2 aliphatic heterocycles.